The van der Waals surface area contributed by atoms with Gasteiger partial charge in [-0.25, -0.2) is 4.98 Å². The Morgan fingerprint density at radius 1 is 1.28 bits per heavy atom. The molecule has 0 radical (unpaired) electrons. The number of aromatic nitrogens is 1. The van der Waals surface area contributed by atoms with E-state index in [0.29, 0.717) is 12.8 Å². The van der Waals surface area contributed by atoms with Crippen molar-refractivity contribution >= 4 is 10.9 Å². The van der Waals surface area contributed by atoms with Gasteiger partial charge in [-0.15, -0.1) is 6.58 Å². The van der Waals surface area contributed by atoms with E-state index < -0.39 is 6.10 Å². The maximum Gasteiger partial charge on any atom is 0.113 e. The van der Waals surface area contributed by atoms with Crippen molar-refractivity contribution in [2.24, 2.45) is 0 Å². The molecule has 2 rings (SSSR count). The molecule has 0 bridgehead atoms. The minimum Gasteiger partial charge on any atom is -0.389 e. The largest absolute Gasteiger partial charge is 0.389 e. The van der Waals surface area contributed by atoms with Crippen LogP contribution < -0.4 is 0 Å². The lowest BCUT2D eigenvalue weighted by Gasteiger charge is -1.99. The zero-order valence-corrected chi connectivity index (χ0v) is 10.1. The molecule has 2 aromatic rings. The summed E-state index contributed by atoms with van der Waals surface area (Å²) in [7, 11) is 0. The van der Waals surface area contributed by atoms with Gasteiger partial charge in [0.05, 0.1) is 11.6 Å². The highest BCUT2D eigenvalue weighted by molar-refractivity contribution is 5.78. The molecule has 1 aromatic heterocycles. The molecular weight excluding hydrogens is 222 g/mol. The van der Waals surface area contributed by atoms with Gasteiger partial charge in [0, 0.05) is 11.8 Å². The summed E-state index contributed by atoms with van der Waals surface area (Å²) in [5.74, 6) is 6.02. The summed E-state index contributed by atoms with van der Waals surface area (Å²) in [5.41, 5.74) is 1.72. The highest BCUT2D eigenvalue weighted by Gasteiger charge is 1.96. The van der Waals surface area contributed by atoms with Crippen LogP contribution in [-0.2, 0) is 0 Å². The van der Waals surface area contributed by atoms with Crippen molar-refractivity contribution in [2.75, 3.05) is 0 Å². The number of rotatable bonds is 3. The van der Waals surface area contributed by atoms with Crippen molar-refractivity contribution in [3.8, 4) is 11.8 Å². The molecular formula is C16H15NO. The Labute approximate surface area is 107 Å². The third-order valence-corrected chi connectivity index (χ3v) is 2.65. The fraction of sp³-hybridized carbons (Fsp3) is 0.188. The fourth-order valence-corrected chi connectivity index (χ4v) is 1.63. The van der Waals surface area contributed by atoms with E-state index in [4.69, 9.17) is 0 Å². The Bertz CT molecular complexity index is 607. The molecule has 1 unspecified atom stereocenters. The van der Waals surface area contributed by atoms with Gasteiger partial charge >= 0.3 is 0 Å². The maximum atomic E-state index is 9.30. The Morgan fingerprint density at radius 2 is 2.11 bits per heavy atom. The summed E-state index contributed by atoms with van der Waals surface area (Å²) in [6, 6.07) is 11.9. The average Bonchev–Trinajstić information content (AvgIpc) is 2.43. The predicted molar refractivity (Wildman–Crippen MR) is 74.1 cm³/mol. The number of pyridine rings is 1. The minimum absolute atomic E-state index is 0.469. The molecule has 1 N–H and O–H groups in total. The van der Waals surface area contributed by atoms with E-state index >= 15 is 0 Å². The van der Waals surface area contributed by atoms with Gasteiger partial charge in [0.1, 0.15) is 5.69 Å². The first kappa shape index (κ1) is 12.3. The molecule has 90 valence electrons. The van der Waals surface area contributed by atoms with E-state index in [9.17, 15) is 5.11 Å². The normalized spacial score (nSPS) is 11.6. The van der Waals surface area contributed by atoms with Gasteiger partial charge in [-0.05, 0) is 24.5 Å². The second-order valence-corrected chi connectivity index (χ2v) is 4.03. The summed E-state index contributed by atoms with van der Waals surface area (Å²) < 4.78 is 0. The lowest BCUT2D eigenvalue weighted by atomic mass is 10.2. The Balaban J connectivity index is 2.08. The van der Waals surface area contributed by atoms with E-state index in [-0.39, 0.29) is 0 Å². The maximum absolute atomic E-state index is 9.30. The van der Waals surface area contributed by atoms with Crippen molar-refractivity contribution < 1.29 is 5.11 Å². The third-order valence-electron chi connectivity index (χ3n) is 2.65. The van der Waals surface area contributed by atoms with Crippen LogP contribution in [0.15, 0.2) is 49.1 Å². The van der Waals surface area contributed by atoms with Crippen LogP contribution in [0, 0.1) is 11.8 Å². The molecule has 0 aliphatic heterocycles. The lowest BCUT2D eigenvalue weighted by Crippen LogP contribution is -1.99. The Kier molecular flexibility index (Phi) is 4.11. The van der Waals surface area contributed by atoms with Gasteiger partial charge in [-0.2, -0.15) is 0 Å². The van der Waals surface area contributed by atoms with Crippen molar-refractivity contribution in [2.45, 2.75) is 18.9 Å². The molecule has 0 aliphatic carbocycles. The lowest BCUT2D eigenvalue weighted by molar-refractivity contribution is 0.215. The number of hydrogen-bond acceptors (Lipinski definition) is 2. The second kappa shape index (κ2) is 6.00. The molecule has 0 amide bonds. The van der Waals surface area contributed by atoms with Gasteiger partial charge in [-0.3, -0.25) is 0 Å². The monoisotopic (exact) mass is 237 g/mol. The van der Waals surface area contributed by atoms with Crippen LogP contribution in [0.2, 0.25) is 0 Å². The van der Waals surface area contributed by atoms with Crippen molar-refractivity contribution in [1.82, 2.24) is 4.98 Å². The number of benzene rings is 1. The topological polar surface area (TPSA) is 33.1 Å². The summed E-state index contributed by atoms with van der Waals surface area (Å²) in [6.07, 6.45) is 2.31. The van der Waals surface area contributed by atoms with Crippen molar-refractivity contribution in [1.29, 1.82) is 0 Å². The molecule has 0 aliphatic rings. The zero-order valence-electron chi connectivity index (χ0n) is 10.1. The number of hydrogen-bond donors (Lipinski definition) is 1. The molecule has 0 saturated carbocycles. The molecule has 0 spiro atoms. The van der Waals surface area contributed by atoms with Crippen LogP contribution in [0.4, 0.5) is 0 Å². The quantitative estimate of drug-likeness (QED) is 0.657. The molecule has 18 heavy (non-hydrogen) atoms. The molecule has 2 nitrogen and oxygen atoms in total. The van der Waals surface area contributed by atoms with Gasteiger partial charge < -0.3 is 5.11 Å². The first-order chi connectivity index (χ1) is 8.79. The second-order valence-electron chi connectivity index (χ2n) is 4.03. The highest BCUT2D eigenvalue weighted by atomic mass is 16.3. The van der Waals surface area contributed by atoms with Gasteiger partial charge in [0.15, 0.2) is 0 Å². The number of para-hydroxylation sites is 1. The fourth-order valence-electron chi connectivity index (χ4n) is 1.63. The van der Waals surface area contributed by atoms with E-state index in [1.54, 1.807) is 0 Å². The smallest absolute Gasteiger partial charge is 0.113 e. The van der Waals surface area contributed by atoms with Crippen molar-refractivity contribution in [3.05, 3.63) is 54.7 Å². The van der Waals surface area contributed by atoms with E-state index in [2.05, 4.69) is 23.4 Å². The number of aliphatic hydroxyl groups is 1. The van der Waals surface area contributed by atoms with Gasteiger partial charge in [0.25, 0.3) is 0 Å². The molecule has 2 heteroatoms. The molecule has 1 atom stereocenters. The van der Waals surface area contributed by atoms with Crippen LogP contribution in [0.5, 0.6) is 0 Å². The summed E-state index contributed by atoms with van der Waals surface area (Å²) in [6.45, 7) is 3.52. The predicted octanol–water partition coefficient (Wildman–Crippen LogP) is 2.91. The Hall–Kier alpha value is -2.11. The first-order valence-electron chi connectivity index (χ1n) is 5.95. The van der Waals surface area contributed by atoms with E-state index in [1.807, 2.05) is 36.4 Å². The average molecular weight is 237 g/mol. The number of nitrogens with zero attached hydrogens (tertiary/aromatic N) is 1. The third kappa shape index (κ3) is 3.19. The minimum atomic E-state index is -0.469. The number of aliphatic hydroxyl groups excluding tert-OH is 1. The van der Waals surface area contributed by atoms with E-state index in [1.165, 1.54) is 6.08 Å². The van der Waals surface area contributed by atoms with Crippen LogP contribution in [-0.4, -0.2) is 16.2 Å². The van der Waals surface area contributed by atoms with Crippen LogP contribution >= 0.6 is 0 Å². The summed E-state index contributed by atoms with van der Waals surface area (Å²) >= 11 is 0. The SMILES string of the molecule is C=CC(O)CCC#Cc1ccc2ccccc2n1. The molecule has 1 aromatic carbocycles. The van der Waals surface area contributed by atoms with Crippen LogP contribution in [0.1, 0.15) is 18.5 Å². The molecule has 1 heterocycles. The summed E-state index contributed by atoms with van der Waals surface area (Å²) in [5, 5.41) is 10.4. The zero-order chi connectivity index (χ0) is 12.8. The standard InChI is InChI=1S/C16H15NO/c1-2-15(18)9-5-4-8-14-12-11-13-7-3-6-10-16(13)17-14/h2-3,6-7,10-12,15,18H,1,5,9H2. The van der Waals surface area contributed by atoms with Crippen LogP contribution in [0.3, 0.4) is 0 Å². The first-order valence-corrected chi connectivity index (χ1v) is 5.95. The Morgan fingerprint density at radius 3 is 2.94 bits per heavy atom. The van der Waals surface area contributed by atoms with Crippen LogP contribution in [0.25, 0.3) is 10.9 Å². The molecule has 0 fully saturated rings. The number of fused-ring (bicyclic) bond motifs is 1. The highest BCUT2D eigenvalue weighted by Crippen LogP contribution is 2.11. The van der Waals surface area contributed by atoms with E-state index in [0.717, 1.165) is 16.6 Å². The van der Waals surface area contributed by atoms with Gasteiger partial charge in [-0.1, -0.05) is 36.3 Å². The molecule has 0 saturated heterocycles. The van der Waals surface area contributed by atoms with Gasteiger partial charge in [0.2, 0.25) is 0 Å². The van der Waals surface area contributed by atoms with Crippen molar-refractivity contribution in [3.63, 3.8) is 0 Å². The summed E-state index contributed by atoms with van der Waals surface area (Å²) in [4.78, 5) is 4.46.